The van der Waals surface area contributed by atoms with E-state index < -0.39 is 67.6 Å². The number of nitrogen functional groups attached to an aromatic ring is 1. The maximum absolute atomic E-state index is 15.4. The van der Waals surface area contributed by atoms with Gasteiger partial charge in [0.25, 0.3) is 6.43 Å². The number of esters is 1. The molecule has 0 bridgehead atoms. The summed E-state index contributed by atoms with van der Waals surface area (Å²) in [5.74, 6) is -0.901. The summed E-state index contributed by atoms with van der Waals surface area (Å²) in [7, 11) is 0. The molecule has 0 spiro atoms. The Morgan fingerprint density at radius 1 is 1.28 bits per heavy atom. The molecule has 0 aliphatic carbocycles. The van der Waals surface area contributed by atoms with Gasteiger partial charge in [-0.2, -0.15) is 4.98 Å². The molecule has 1 saturated heterocycles. The molecule has 2 aromatic carbocycles. The Bertz CT molecular complexity index is 1600. The lowest BCUT2D eigenvalue weighted by Crippen LogP contribution is -2.52. The number of fused-ring (bicyclic) bond motifs is 1. The van der Waals surface area contributed by atoms with Crippen molar-refractivity contribution in [1.29, 1.82) is 0 Å². The number of carbonyl (C=O) groups excluding carboxylic acids is 1. The first-order valence-corrected chi connectivity index (χ1v) is 15.9. The Kier molecular flexibility index (Phi) is 10.1. The molecule has 4 N–H and O–H groups in total. The van der Waals surface area contributed by atoms with Gasteiger partial charge in [0.1, 0.15) is 23.7 Å². The zero-order chi connectivity index (χ0) is 31.7. The smallest absolute Gasteiger partial charge is 0.351 e. The van der Waals surface area contributed by atoms with Crippen LogP contribution in [-0.2, 0) is 30.6 Å². The van der Waals surface area contributed by atoms with Crippen molar-refractivity contribution in [3.05, 3.63) is 64.2 Å². The van der Waals surface area contributed by atoms with Crippen molar-refractivity contribution in [2.24, 2.45) is 0 Å². The second kappa shape index (κ2) is 13.1. The molecular formula is C26H29ClF3N4O7PS. The number of carbonyl (C=O) groups is 1. The number of nitrogens with two attached hydrogens (primary N) is 1. The lowest BCUT2D eigenvalue weighted by molar-refractivity contribution is -0.192. The van der Waals surface area contributed by atoms with Gasteiger partial charge in [0, 0.05) is 11.6 Å². The van der Waals surface area contributed by atoms with Crippen LogP contribution >= 0.6 is 18.2 Å². The Balaban J connectivity index is 1.69. The first kappa shape index (κ1) is 33.1. The molecule has 0 amide bonds. The fourth-order valence-electron chi connectivity index (χ4n) is 4.30. The molecule has 0 radical (unpaired) electrons. The second-order valence-corrected chi connectivity index (χ2v) is 13.5. The van der Waals surface area contributed by atoms with E-state index in [2.05, 4.69) is 10.1 Å². The fraction of sp³-hybridized carbons (Fsp3) is 0.423. The average molecular weight is 665 g/mol. The number of nitrogens with one attached hydrogen (secondary N) is 1. The summed E-state index contributed by atoms with van der Waals surface area (Å²) in [5, 5.41) is 14.5. The number of nitrogens with zero attached hydrogens (tertiary/aromatic N) is 2. The number of aliphatic hydroxyl groups is 1. The maximum atomic E-state index is 15.4. The van der Waals surface area contributed by atoms with Crippen molar-refractivity contribution >= 4 is 52.6 Å². The Morgan fingerprint density at radius 2 is 1.95 bits per heavy atom. The molecule has 3 aromatic rings. The van der Waals surface area contributed by atoms with E-state index in [1.54, 1.807) is 56.3 Å². The summed E-state index contributed by atoms with van der Waals surface area (Å²) in [5.41, 5.74) is 1.30. The van der Waals surface area contributed by atoms with Crippen molar-refractivity contribution in [1.82, 2.24) is 14.6 Å². The molecule has 1 fully saturated rings. The number of halogens is 4. The third kappa shape index (κ3) is 6.98. The molecule has 1 aromatic heterocycles. The van der Waals surface area contributed by atoms with Crippen molar-refractivity contribution < 1.29 is 41.6 Å². The van der Waals surface area contributed by atoms with Crippen LogP contribution in [0.5, 0.6) is 5.75 Å². The lowest BCUT2D eigenvalue weighted by atomic mass is 9.97. The van der Waals surface area contributed by atoms with Gasteiger partial charge in [0.15, 0.2) is 18.0 Å². The van der Waals surface area contributed by atoms with E-state index in [1.807, 2.05) is 0 Å². The average Bonchev–Trinajstić information content (AvgIpc) is 3.20. The van der Waals surface area contributed by atoms with Crippen molar-refractivity contribution in [3.63, 3.8) is 0 Å². The largest absolute Gasteiger partial charge is 0.462 e. The molecule has 4 rings (SSSR count). The van der Waals surface area contributed by atoms with Crippen LogP contribution in [0.1, 0.15) is 27.0 Å². The summed E-state index contributed by atoms with van der Waals surface area (Å²) in [6, 6.07) is 11.0. The molecule has 1 unspecified atom stereocenters. The first-order valence-electron chi connectivity index (χ1n) is 12.9. The van der Waals surface area contributed by atoms with E-state index in [1.165, 1.54) is 6.92 Å². The van der Waals surface area contributed by atoms with Crippen LogP contribution in [0.3, 0.4) is 0 Å². The standard InChI is InChI=1S/C26H29ClF3N4O7PS/c1-13(2)39-23(36)14(3)33-42(43,41-18-10-6-8-15-7-4-5-9-16(15)18)38-12-26(24(29)30)20(35)19(28)22(40-26)34-11-17(27)21(31)32-25(34)37/h4-11,13-14,19-20,22,24,35H,12H2,1-3H3,(H,33,43)(H2,31,32,37)/t14-,19-,20-,22+,26+,42?/m0/s1. The van der Waals surface area contributed by atoms with Crippen LogP contribution in [-0.4, -0.2) is 63.7 Å². The predicted molar refractivity (Wildman–Crippen MR) is 156 cm³/mol. The number of alkyl halides is 3. The molecular weight excluding hydrogens is 636 g/mol. The Morgan fingerprint density at radius 3 is 2.63 bits per heavy atom. The molecule has 1 aliphatic heterocycles. The molecule has 6 atom stereocenters. The summed E-state index contributed by atoms with van der Waals surface area (Å²) in [4.78, 5) is 28.4. The highest BCUT2D eigenvalue weighted by Gasteiger charge is 2.62. The van der Waals surface area contributed by atoms with Gasteiger partial charge in [0.05, 0.1) is 17.7 Å². The van der Waals surface area contributed by atoms with E-state index >= 15 is 4.39 Å². The highest BCUT2D eigenvalue weighted by atomic mass is 35.5. The third-order valence-electron chi connectivity index (χ3n) is 6.48. The number of anilines is 1. The van der Waals surface area contributed by atoms with Crippen LogP contribution in [0.25, 0.3) is 10.8 Å². The van der Waals surface area contributed by atoms with Gasteiger partial charge in [0.2, 0.25) is 0 Å². The van der Waals surface area contributed by atoms with Crippen molar-refractivity contribution in [2.45, 2.75) is 63.4 Å². The number of benzene rings is 2. The highest BCUT2D eigenvalue weighted by molar-refractivity contribution is 8.09. The van der Waals surface area contributed by atoms with E-state index in [9.17, 15) is 23.5 Å². The molecule has 43 heavy (non-hydrogen) atoms. The van der Waals surface area contributed by atoms with Gasteiger partial charge in [-0.25, -0.2) is 23.1 Å². The van der Waals surface area contributed by atoms with Crippen LogP contribution in [0, 0.1) is 0 Å². The third-order valence-corrected chi connectivity index (χ3v) is 9.23. The van der Waals surface area contributed by atoms with Gasteiger partial charge in [-0.15, -0.1) is 0 Å². The fourth-order valence-corrected chi connectivity index (χ4v) is 6.87. The van der Waals surface area contributed by atoms with Crippen LogP contribution in [0.4, 0.5) is 19.0 Å². The van der Waals surface area contributed by atoms with Gasteiger partial charge < -0.3 is 29.4 Å². The Hall–Kier alpha value is -2.78. The van der Waals surface area contributed by atoms with Gasteiger partial charge in [-0.3, -0.25) is 9.36 Å². The van der Waals surface area contributed by atoms with E-state index in [-0.39, 0.29) is 16.6 Å². The summed E-state index contributed by atoms with van der Waals surface area (Å²) in [6.45, 7) is -0.520. The Labute approximate surface area is 254 Å². The van der Waals surface area contributed by atoms with E-state index in [0.717, 1.165) is 11.6 Å². The maximum Gasteiger partial charge on any atom is 0.351 e. The lowest BCUT2D eigenvalue weighted by Gasteiger charge is -2.34. The number of ether oxygens (including phenoxy) is 2. The summed E-state index contributed by atoms with van der Waals surface area (Å²) in [6.07, 6.45) is -10.3. The van der Waals surface area contributed by atoms with Crippen LogP contribution < -0.4 is 21.0 Å². The minimum atomic E-state index is -3.98. The van der Waals surface area contributed by atoms with Crippen LogP contribution in [0.2, 0.25) is 5.02 Å². The molecule has 17 heteroatoms. The molecule has 2 heterocycles. The highest BCUT2D eigenvalue weighted by Crippen LogP contribution is 2.51. The zero-order valence-electron chi connectivity index (χ0n) is 23.0. The monoisotopic (exact) mass is 664 g/mol. The minimum Gasteiger partial charge on any atom is -0.462 e. The number of hydrogen-bond acceptors (Lipinski definition) is 10. The predicted octanol–water partition coefficient (Wildman–Crippen LogP) is 4.11. The van der Waals surface area contributed by atoms with Crippen molar-refractivity contribution in [3.8, 4) is 5.75 Å². The number of hydrogen-bond donors (Lipinski definition) is 3. The minimum absolute atomic E-state index is 0.202. The molecule has 1 aliphatic rings. The molecule has 0 saturated carbocycles. The van der Waals surface area contributed by atoms with Gasteiger partial charge >= 0.3 is 18.3 Å². The quantitative estimate of drug-likeness (QED) is 0.201. The number of aliphatic hydroxyl groups excluding tert-OH is 1. The van der Waals surface area contributed by atoms with Gasteiger partial charge in [-0.05, 0) is 44.0 Å². The van der Waals surface area contributed by atoms with Crippen LogP contribution in [0.15, 0.2) is 53.5 Å². The molecule has 11 nitrogen and oxygen atoms in total. The van der Waals surface area contributed by atoms with Crippen molar-refractivity contribution in [2.75, 3.05) is 12.3 Å². The van der Waals surface area contributed by atoms with E-state index in [4.69, 9.17) is 47.7 Å². The normalized spacial score (nSPS) is 24.3. The number of aromatic nitrogens is 2. The summed E-state index contributed by atoms with van der Waals surface area (Å²) >= 11 is 11.5. The second-order valence-electron chi connectivity index (χ2n) is 9.99. The SMILES string of the molecule is CC(C)OC(=O)[C@H](C)NP(=S)(OC[C@@]1(C(F)F)O[C@@H](n2cc(Cl)c(N)nc2=O)[C@@H](F)[C@@H]1O)Oc1cccc2ccccc12. The number of rotatable bonds is 11. The topological polar surface area (TPSA) is 147 Å². The van der Waals surface area contributed by atoms with Gasteiger partial charge in [-0.1, -0.05) is 48.0 Å². The molecule has 234 valence electrons. The first-order chi connectivity index (χ1) is 20.2. The summed E-state index contributed by atoms with van der Waals surface area (Å²) < 4.78 is 67.5. The van der Waals surface area contributed by atoms with E-state index in [0.29, 0.717) is 9.95 Å². The zero-order valence-corrected chi connectivity index (χ0v) is 25.5.